The summed E-state index contributed by atoms with van der Waals surface area (Å²) in [5, 5.41) is 3.81. The summed E-state index contributed by atoms with van der Waals surface area (Å²) in [4.78, 5) is 7.20. The highest BCUT2D eigenvalue weighted by Crippen LogP contribution is 2.35. The van der Waals surface area contributed by atoms with Crippen LogP contribution in [0.4, 0.5) is 0 Å². The number of aromatic nitrogens is 3. The Bertz CT molecular complexity index is 1470. The molecule has 3 aromatic carbocycles. The molecule has 0 saturated carbocycles. The van der Waals surface area contributed by atoms with Crippen LogP contribution >= 0.6 is 0 Å². The monoisotopic (exact) mass is 383 g/mol. The average molecular weight is 384 g/mol. The lowest BCUT2D eigenvalue weighted by molar-refractivity contribution is -0.479. The molecule has 0 aliphatic carbocycles. The molecule has 0 amide bonds. The Labute approximate surface area is 168 Å². The minimum Gasteiger partial charge on any atom is -1.00 e. The zero-order valence-corrected chi connectivity index (χ0v) is 16.1. The fourth-order valence-corrected chi connectivity index (χ4v) is 4.25. The van der Waals surface area contributed by atoms with Gasteiger partial charge in [0.25, 0.3) is 0 Å². The van der Waals surface area contributed by atoms with Gasteiger partial charge >= 0.3 is 0 Å². The Kier molecular flexibility index (Phi) is 3.68. The summed E-state index contributed by atoms with van der Waals surface area (Å²) in [5.41, 5.74) is 8.33. The topological polar surface area (TPSA) is 35.7 Å². The lowest BCUT2D eigenvalue weighted by Crippen LogP contribution is -3.00. The number of pyridine rings is 1. The highest BCUT2D eigenvalue weighted by atomic mass is 35.5. The van der Waals surface area contributed by atoms with Gasteiger partial charge < -0.3 is 17.4 Å². The largest absolute Gasteiger partial charge is 1.00 e. The quantitative estimate of drug-likeness (QED) is 0.409. The van der Waals surface area contributed by atoms with Crippen LogP contribution in [0.1, 0.15) is 5.56 Å². The van der Waals surface area contributed by atoms with E-state index in [1.54, 1.807) is 0 Å². The summed E-state index contributed by atoms with van der Waals surface area (Å²) < 4.78 is 2.27. The molecular formula is C24H18ClN3. The normalized spacial score (nSPS) is 11.5. The Morgan fingerprint density at radius 1 is 0.786 bits per heavy atom. The summed E-state index contributed by atoms with van der Waals surface area (Å²) >= 11 is 0. The number of nitrogens with zero attached hydrogens (tertiary/aromatic N) is 1. The van der Waals surface area contributed by atoms with Gasteiger partial charge in [-0.1, -0.05) is 60.2 Å². The molecule has 0 unspecified atom stereocenters. The van der Waals surface area contributed by atoms with Crippen molar-refractivity contribution in [1.29, 1.82) is 0 Å². The van der Waals surface area contributed by atoms with Crippen LogP contribution in [0.3, 0.4) is 0 Å². The molecule has 6 rings (SSSR count). The van der Waals surface area contributed by atoms with E-state index in [-0.39, 0.29) is 12.4 Å². The molecule has 3 nitrogen and oxygen atoms in total. The molecule has 28 heavy (non-hydrogen) atoms. The Hall–Kier alpha value is -3.30. The first-order valence-corrected chi connectivity index (χ1v) is 9.22. The Balaban J connectivity index is 0.00000171. The molecule has 0 aliphatic heterocycles. The van der Waals surface area contributed by atoms with Crippen molar-refractivity contribution in [3.63, 3.8) is 0 Å². The maximum Gasteiger partial charge on any atom is 0.247 e. The van der Waals surface area contributed by atoms with Crippen molar-refractivity contribution < 1.29 is 16.8 Å². The van der Waals surface area contributed by atoms with Crippen molar-refractivity contribution in [2.45, 2.75) is 6.92 Å². The van der Waals surface area contributed by atoms with E-state index >= 15 is 0 Å². The molecule has 0 radical (unpaired) electrons. The molecule has 0 saturated heterocycles. The molecule has 6 aromatic rings. The van der Waals surface area contributed by atoms with E-state index in [1.807, 2.05) is 0 Å². The number of halogens is 1. The summed E-state index contributed by atoms with van der Waals surface area (Å²) in [6.45, 7) is 2.12. The van der Waals surface area contributed by atoms with Gasteiger partial charge in [-0.25, -0.2) is 4.98 Å². The summed E-state index contributed by atoms with van der Waals surface area (Å²) in [6.07, 6.45) is 2.07. The second-order valence-corrected chi connectivity index (χ2v) is 7.17. The molecule has 4 heteroatoms. The summed E-state index contributed by atoms with van der Waals surface area (Å²) in [7, 11) is 0. The van der Waals surface area contributed by atoms with E-state index in [0.717, 1.165) is 5.69 Å². The van der Waals surface area contributed by atoms with E-state index in [1.165, 1.54) is 49.4 Å². The third kappa shape index (κ3) is 2.20. The van der Waals surface area contributed by atoms with E-state index in [2.05, 4.69) is 100 Å². The van der Waals surface area contributed by atoms with Crippen LogP contribution in [0.25, 0.3) is 49.5 Å². The number of benzene rings is 3. The molecule has 0 aliphatic rings. The number of nitrogens with one attached hydrogen (secondary N) is 2. The number of aromatic amines is 2. The number of imidazole rings is 1. The number of fused-ring (bicyclic) bond motifs is 8. The number of aryl methyl sites for hydroxylation is 1. The second-order valence-electron chi connectivity index (χ2n) is 7.17. The van der Waals surface area contributed by atoms with Crippen molar-refractivity contribution in [2.24, 2.45) is 0 Å². The van der Waals surface area contributed by atoms with Gasteiger partial charge in [-0.15, -0.1) is 0 Å². The standard InChI is InChI=1S/C24H17N3.ClH/c1-15-10-12-16(13-11-15)22-24-23-21(17-6-2-4-8-19(17)26-23)18-7-3-5-9-20(18)27(24)14-25-22;/h2-14,26H,1H3;1H. The van der Waals surface area contributed by atoms with Crippen LogP contribution in [0.15, 0.2) is 79.1 Å². The lowest BCUT2D eigenvalue weighted by atomic mass is 10.0. The van der Waals surface area contributed by atoms with Gasteiger partial charge in [-0.3, -0.25) is 0 Å². The maximum absolute atomic E-state index is 3.68. The van der Waals surface area contributed by atoms with E-state index in [9.17, 15) is 0 Å². The van der Waals surface area contributed by atoms with Crippen molar-refractivity contribution in [3.8, 4) is 11.3 Å². The van der Waals surface area contributed by atoms with Gasteiger partial charge in [0.05, 0.1) is 5.52 Å². The van der Waals surface area contributed by atoms with Crippen LogP contribution in [0.5, 0.6) is 0 Å². The SMILES string of the molecule is Cc1ccc(-c2[nH]c[n+]3c4ccccc4c4c5ccccc5[nH]c4c23)cc1.[Cl-]. The predicted octanol–water partition coefficient (Wildman–Crippen LogP) is 2.52. The number of hydrogen-bond acceptors (Lipinski definition) is 0. The van der Waals surface area contributed by atoms with Crippen LogP contribution in [-0.2, 0) is 0 Å². The average Bonchev–Trinajstić information content (AvgIpc) is 3.31. The van der Waals surface area contributed by atoms with E-state index < -0.39 is 0 Å². The van der Waals surface area contributed by atoms with Gasteiger partial charge in [-0.2, -0.15) is 4.40 Å². The van der Waals surface area contributed by atoms with Gasteiger partial charge in [0.15, 0.2) is 5.69 Å². The third-order valence-electron chi connectivity index (χ3n) is 5.53. The fourth-order valence-electron chi connectivity index (χ4n) is 4.25. The van der Waals surface area contributed by atoms with Gasteiger partial charge in [-0.05, 0) is 25.1 Å². The van der Waals surface area contributed by atoms with Crippen molar-refractivity contribution in [2.75, 3.05) is 0 Å². The number of para-hydroxylation sites is 2. The van der Waals surface area contributed by atoms with Crippen molar-refractivity contribution >= 4 is 38.2 Å². The molecule has 136 valence electrons. The van der Waals surface area contributed by atoms with Gasteiger partial charge in [0.1, 0.15) is 5.52 Å². The molecular weight excluding hydrogens is 366 g/mol. The number of H-pyrrole nitrogens is 2. The first-order chi connectivity index (χ1) is 13.3. The molecule has 0 atom stereocenters. The van der Waals surface area contributed by atoms with Gasteiger partial charge in [0.2, 0.25) is 11.8 Å². The maximum atomic E-state index is 3.68. The van der Waals surface area contributed by atoms with E-state index in [0.29, 0.717) is 0 Å². The van der Waals surface area contributed by atoms with Crippen LogP contribution in [-0.4, -0.2) is 9.97 Å². The molecule has 3 aromatic heterocycles. The Morgan fingerprint density at radius 3 is 2.32 bits per heavy atom. The first-order valence-electron chi connectivity index (χ1n) is 9.22. The fraction of sp³-hybridized carbons (Fsp3) is 0.0417. The Morgan fingerprint density at radius 2 is 1.50 bits per heavy atom. The predicted molar refractivity (Wildman–Crippen MR) is 111 cm³/mol. The number of rotatable bonds is 1. The first kappa shape index (κ1) is 16.8. The molecule has 0 fully saturated rings. The van der Waals surface area contributed by atoms with Crippen LogP contribution in [0, 0.1) is 6.92 Å². The highest BCUT2D eigenvalue weighted by molar-refractivity contribution is 6.22. The van der Waals surface area contributed by atoms with Crippen molar-refractivity contribution in [3.05, 3.63) is 84.7 Å². The molecule has 2 N–H and O–H groups in total. The second kappa shape index (κ2) is 6.11. The van der Waals surface area contributed by atoms with Crippen LogP contribution < -0.4 is 16.8 Å². The van der Waals surface area contributed by atoms with Crippen molar-refractivity contribution in [1.82, 2.24) is 9.97 Å². The van der Waals surface area contributed by atoms with Gasteiger partial charge in [0, 0.05) is 27.2 Å². The third-order valence-corrected chi connectivity index (χ3v) is 5.53. The minimum absolute atomic E-state index is 0. The molecule has 0 bridgehead atoms. The zero-order chi connectivity index (χ0) is 18.0. The summed E-state index contributed by atoms with van der Waals surface area (Å²) in [5.74, 6) is 0. The zero-order valence-electron chi connectivity index (χ0n) is 15.3. The highest BCUT2D eigenvalue weighted by Gasteiger charge is 2.22. The summed E-state index contributed by atoms with van der Waals surface area (Å²) in [6, 6.07) is 25.9. The van der Waals surface area contributed by atoms with E-state index in [4.69, 9.17) is 0 Å². The molecule has 0 spiro atoms. The van der Waals surface area contributed by atoms with Crippen LogP contribution in [0.2, 0.25) is 0 Å². The minimum atomic E-state index is 0. The smallest absolute Gasteiger partial charge is 0.247 e. The molecule has 3 heterocycles. The number of hydrogen-bond donors (Lipinski definition) is 2. The lowest BCUT2D eigenvalue weighted by Gasteiger charge is -2.02.